The Labute approximate surface area is 207 Å². The number of thioether (sulfide) groups is 1. The van der Waals surface area contributed by atoms with Gasteiger partial charge in [-0.25, -0.2) is 9.97 Å². The Bertz CT molecular complexity index is 1330. The van der Waals surface area contributed by atoms with Crippen molar-refractivity contribution >= 4 is 35.1 Å². The fourth-order valence-corrected chi connectivity index (χ4v) is 4.40. The van der Waals surface area contributed by atoms with Crippen LogP contribution in [0.25, 0.3) is 22.4 Å². The van der Waals surface area contributed by atoms with E-state index in [2.05, 4.69) is 16.4 Å². The quantitative estimate of drug-likeness (QED) is 0.293. The maximum absolute atomic E-state index is 12.4. The molecule has 0 radical (unpaired) electrons. The van der Waals surface area contributed by atoms with E-state index in [1.807, 2.05) is 67.6 Å². The molecule has 0 saturated heterocycles. The van der Waals surface area contributed by atoms with Crippen LogP contribution in [0, 0.1) is 18.3 Å². The molecule has 1 N–H and O–H groups in total. The molecule has 0 unspecified atom stereocenters. The normalized spacial score (nSPS) is 10.5. The first kappa shape index (κ1) is 23.5. The molecular weight excluding hydrogens is 464 g/mol. The first-order chi connectivity index (χ1) is 16.5. The molecular formula is C27H21ClN4OS. The van der Waals surface area contributed by atoms with Gasteiger partial charge in [0.05, 0.1) is 16.3 Å². The molecule has 7 heteroatoms. The van der Waals surface area contributed by atoms with Crippen molar-refractivity contribution in [2.24, 2.45) is 0 Å². The van der Waals surface area contributed by atoms with Crippen LogP contribution in [-0.2, 0) is 4.79 Å². The molecule has 5 nitrogen and oxygen atoms in total. The molecule has 0 aliphatic rings. The Morgan fingerprint density at radius 2 is 1.82 bits per heavy atom. The lowest BCUT2D eigenvalue weighted by Crippen LogP contribution is -2.13. The highest BCUT2D eigenvalue weighted by molar-refractivity contribution is 7.99. The number of hydrogen-bond acceptors (Lipinski definition) is 5. The average molecular weight is 485 g/mol. The SMILES string of the molecule is Cc1ccc(-c2cc(-c3ccccc3)nc(SCCC(=O)Nc3ccc(Cl)cn3)c2C#N)cc1. The number of rotatable bonds is 7. The van der Waals surface area contributed by atoms with Crippen LogP contribution in [0.15, 0.2) is 84.0 Å². The molecule has 0 atom stereocenters. The number of carbonyl (C=O) groups excluding carboxylic acids is 1. The van der Waals surface area contributed by atoms with Crippen LogP contribution < -0.4 is 5.32 Å². The molecule has 4 rings (SSSR count). The molecule has 4 aromatic rings. The molecule has 0 spiro atoms. The number of hydrogen-bond donors (Lipinski definition) is 1. The fourth-order valence-electron chi connectivity index (χ4n) is 3.35. The minimum Gasteiger partial charge on any atom is -0.311 e. The predicted molar refractivity (Wildman–Crippen MR) is 138 cm³/mol. The second-order valence-electron chi connectivity index (χ2n) is 7.59. The van der Waals surface area contributed by atoms with Gasteiger partial charge in [0.15, 0.2) is 0 Å². The van der Waals surface area contributed by atoms with Gasteiger partial charge in [-0.2, -0.15) is 5.26 Å². The van der Waals surface area contributed by atoms with Crippen LogP contribution in [0.3, 0.4) is 0 Å². The van der Waals surface area contributed by atoms with Crippen LogP contribution in [0.4, 0.5) is 5.82 Å². The summed E-state index contributed by atoms with van der Waals surface area (Å²) >= 11 is 7.24. The number of pyridine rings is 2. The smallest absolute Gasteiger partial charge is 0.226 e. The highest BCUT2D eigenvalue weighted by Crippen LogP contribution is 2.34. The van der Waals surface area contributed by atoms with Gasteiger partial charge in [0.25, 0.3) is 0 Å². The Balaban J connectivity index is 1.59. The van der Waals surface area contributed by atoms with Gasteiger partial charge in [0, 0.05) is 29.5 Å². The summed E-state index contributed by atoms with van der Waals surface area (Å²) in [4.78, 5) is 21.2. The van der Waals surface area contributed by atoms with Crippen molar-refractivity contribution in [3.05, 3.63) is 95.1 Å². The third-order valence-electron chi connectivity index (χ3n) is 5.09. The van der Waals surface area contributed by atoms with Crippen molar-refractivity contribution in [3.63, 3.8) is 0 Å². The minimum atomic E-state index is -0.168. The number of aryl methyl sites for hydroxylation is 1. The number of benzene rings is 2. The lowest BCUT2D eigenvalue weighted by molar-refractivity contribution is -0.115. The van der Waals surface area contributed by atoms with Gasteiger partial charge in [-0.05, 0) is 30.7 Å². The van der Waals surface area contributed by atoms with Gasteiger partial charge in [0.1, 0.15) is 16.9 Å². The number of carbonyl (C=O) groups is 1. The van der Waals surface area contributed by atoms with Crippen molar-refractivity contribution in [1.29, 1.82) is 5.26 Å². The Morgan fingerprint density at radius 1 is 1.06 bits per heavy atom. The zero-order chi connectivity index (χ0) is 23.9. The van der Waals surface area contributed by atoms with E-state index in [-0.39, 0.29) is 12.3 Å². The third kappa shape index (κ3) is 5.82. The van der Waals surface area contributed by atoms with Crippen LogP contribution in [0.1, 0.15) is 17.5 Å². The maximum Gasteiger partial charge on any atom is 0.226 e. The van der Waals surface area contributed by atoms with Gasteiger partial charge in [-0.3, -0.25) is 4.79 Å². The van der Waals surface area contributed by atoms with Crippen LogP contribution in [0.2, 0.25) is 5.02 Å². The first-order valence-electron chi connectivity index (χ1n) is 10.7. The molecule has 2 heterocycles. The number of nitriles is 1. The van der Waals surface area contributed by atoms with Crippen LogP contribution in [-0.4, -0.2) is 21.6 Å². The van der Waals surface area contributed by atoms with Crippen molar-refractivity contribution in [2.45, 2.75) is 18.4 Å². The summed E-state index contributed by atoms with van der Waals surface area (Å²) in [7, 11) is 0. The monoisotopic (exact) mass is 484 g/mol. The highest BCUT2D eigenvalue weighted by atomic mass is 35.5. The molecule has 0 aliphatic carbocycles. The molecule has 0 aliphatic heterocycles. The zero-order valence-electron chi connectivity index (χ0n) is 18.5. The summed E-state index contributed by atoms with van der Waals surface area (Å²) in [6, 6.07) is 25.6. The van der Waals surface area contributed by atoms with E-state index in [0.29, 0.717) is 27.2 Å². The maximum atomic E-state index is 12.4. The molecule has 0 bridgehead atoms. The summed E-state index contributed by atoms with van der Waals surface area (Å²) in [5, 5.41) is 13.9. The molecule has 1 amide bonds. The largest absolute Gasteiger partial charge is 0.311 e. The predicted octanol–water partition coefficient (Wildman–Crippen LogP) is 6.77. The second-order valence-corrected chi connectivity index (χ2v) is 9.11. The van der Waals surface area contributed by atoms with E-state index in [1.54, 1.807) is 12.1 Å². The molecule has 2 aromatic heterocycles. The second kappa shape index (κ2) is 11.0. The van der Waals surface area contributed by atoms with Crippen LogP contribution >= 0.6 is 23.4 Å². The summed E-state index contributed by atoms with van der Waals surface area (Å²) in [6.07, 6.45) is 1.73. The minimum absolute atomic E-state index is 0.168. The van der Waals surface area contributed by atoms with Crippen molar-refractivity contribution < 1.29 is 4.79 Å². The van der Waals surface area contributed by atoms with Crippen molar-refractivity contribution in [1.82, 2.24) is 9.97 Å². The number of amides is 1. The number of nitrogens with zero attached hydrogens (tertiary/aromatic N) is 3. The average Bonchev–Trinajstić information content (AvgIpc) is 2.86. The van der Waals surface area contributed by atoms with Gasteiger partial charge < -0.3 is 5.32 Å². The van der Waals surface area contributed by atoms with Gasteiger partial charge in [0.2, 0.25) is 5.91 Å². The highest BCUT2D eigenvalue weighted by Gasteiger charge is 2.16. The molecule has 0 fully saturated rings. The summed E-state index contributed by atoms with van der Waals surface area (Å²) in [6.45, 7) is 2.03. The topological polar surface area (TPSA) is 78.7 Å². The van der Waals surface area contributed by atoms with E-state index in [1.165, 1.54) is 18.0 Å². The summed E-state index contributed by atoms with van der Waals surface area (Å²) < 4.78 is 0. The van der Waals surface area contributed by atoms with Crippen molar-refractivity contribution in [2.75, 3.05) is 11.1 Å². The van der Waals surface area contributed by atoms with Crippen molar-refractivity contribution in [3.8, 4) is 28.5 Å². The third-order valence-corrected chi connectivity index (χ3v) is 6.29. The summed E-state index contributed by atoms with van der Waals surface area (Å²) in [5.41, 5.74) is 5.19. The van der Waals surface area contributed by atoms with Gasteiger partial charge in [-0.15, -0.1) is 11.8 Å². The lowest BCUT2D eigenvalue weighted by Gasteiger charge is -2.13. The molecule has 2 aromatic carbocycles. The van der Waals surface area contributed by atoms with Gasteiger partial charge >= 0.3 is 0 Å². The number of anilines is 1. The Morgan fingerprint density at radius 3 is 2.50 bits per heavy atom. The van der Waals surface area contributed by atoms with E-state index >= 15 is 0 Å². The van der Waals surface area contributed by atoms with E-state index < -0.39 is 0 Å². The Kier molecular flexibility index (Phi) is 7.58. The van der Waals surface area contributed by atoms with E-state index in [9.17, 15) is 10.1 Å². The molecule has 168 valence electrons. The first-order valence-corrected chi connectivity index (χ1v) is 12.0. The molecule has 34 heavy (non-hydrogen) atoms. The zero-order valence-corrected chi connectivity index (χ0v) is 20.0. The van der Waals surface area contributed by atoms with Gasteiger partial charge in [-0.1, -0.05) is 71.8 Å². The number of aromatic nitrogens is 2. The summed E-state index contributed by atoms with van der Waals surface area (Å²) in [5.74, 6) is 0.744. The number of nitrogens with one attached hydrogen (secondary N) is 1. The van der Waals surface area contributed by atoms with Crippen LogP contribution in [0.5, 0.6) is 0 Å². The number of halogens is 1. The van der Waals surface area contributed by atoms with E-state index in [0.717, 1.165) is 27.9 Å². The molecule has 0 saturated carbocycles. The Hall–Kier alpha value is -3.66. The fraction of sp³-hybridized carbons (Fsp3) is 0.111. The lowest BCUT2D eigenvalue weighted by atomic mass is 9.98. The standard InChI is InChI=1S/C27H21ClN4OS/c1-18-7-9-19(10-8-18)22-15-24(20-5-3-2-4-6-20)31-27(23(22)16-29)34-14-13-26(33)32-25-12-11-21(28)17-30-25/h2-12,15,17H,13-14H2,1H3,(H,30,32,33). The van der Waals surface area contributed by atoms with E-state index in [4.69, 9.17) is 16.6 Å².